The van der Waals surface area contributed by atoms with Crippen molar-refractivity contribution in [2.45, 2.75) is 6.92 Å². The first-order chi connectivity index (χ1) is 3.42. The fourth-order valence-electron chi connectivity index (χ4n) is 0.302. The van der Waals surface area contributed by atoms with E-state index in [1.54, 1.807) is 0 Å². The minimum Gasteiger partial charge on any atom is -0.748 e. The fourth-order valence-corrected chi connectivity index (χ4v) is 0.905. The molecule has 0 N–H and O–H groups in total. The van der Waals surface area contributed by atoms with E-state index in [0.717, 1.165) is 0 Å². The van der Waals surface area contributed by atoms with Crippen LogP contribution in [0.5, 0.6) is 0 Å². The first-order valence-electron chi connectivity index (χ1n) is 2.00. The second-order valence-electron chi connectivity index (χ2n) is 1.66. The zero-order chi connectivity index (χ0) is 6.78. The third-order valence-corrected chi connectivity index (χ3v) is 1.27. The van der Waals surface area contributed by atoms with Crippen LogP contribution in [-0.4, -0.2) is 18.7 Å². The van der Waals surface area contributed by atoms with Crippen molar-refractivity contribution < 1.29 is 64.4 Å². The van der Waals surface area contributed by atoms with Crippen molar-refractivity contribution in [3.8, 4) is 0 Å². The molecule has 48 valence electrons. The molecule has 0 spiro atoms. The summed E-state index contributed by atoms with van der Waals surface area (Å²) in [4.78, 5) is 0. The van der Waals surface area contributed by atoms with Crippen LogP contribution in [0.3, 0.4) is 0 Å². The predicted octanol–water partition coefficient (Wildman–Crippen LogP) is -2.89. The van der Waals surface area contributed by atoms with E-state index in [1.165, 1.54) is 6.92 Å². The third kappa shape index (κ3) is 12.5. The minimum absolute atomic E-state index is 0. The van der Waals surface area contributed by atoms with E-state index in [1.807, 2.05) is 0 Å². The summed E-state index contributed by atoms with van der Waals surface area (Å²) in [7, 11) is -4.07. The Hall–Kier alpha value is 1.29. The van der Waals surface area contributed by atoms with E-state index in [9.17, 15) is 13.0 Å². The first kappa shape index (κ1) is 12.9. The molecule has 0 unspecified atom stereocenters. The zero-order valence-corrected chi connectivity index (χ0v) is 9.49. The first-order valence-corrected chi connectivity index (χ1v) is 3.57. The Balaban J connectivity index is 0. The van der Waals surface area contributed by atoms with Crippen molar-refractivity contribution in [3.63, 3.8) is 0 Å². The normalized spacial score (nSPS) is 10.0. The Labute approximate surface area is 97.7 Å². The van der Waals surface area contributed by atoms with E-state index >= 15 is 0 Å². The smallest absolute Gasteiger partial charge is 0.748 e. The summed E-state index contributed by atoms with van der Waals surface area (Å²) in [6.45, 7) is 4.76. The topological polar surface area (TPSA) is 57.2 Å². The molecule has 0 aliphatic rings. The molecule has 0 radical (unpaired) electrons. The summed E-state index contributed by atoms with van der Waals surface area (Å²) in [6.07, 6.45) is 0. The van der Waals surface area contributed by atoms with Crippen LogP contribution in [0.4, 0.5) is 0 Å². The van der Waals surface area contributed by atoms with Gasteiger partial charge in [0.15, 0.2) is 0 Å². The zero-order valence-electron chi connectivity index (χ0n) is 5.55. The van der Waals surface area contributed by atoms with E-state index in [-0.39, 0.29) is 51.4 Å². The average molecular weight is 174 g/mol. The number of rotatable bonds is 2. The second-order valence-corrected chi connectivity index (χ2v) is 3.06. The maximum absolute atomic E-state index is 9.83. The van der Waals surface area contributed by atoms with Gasteiger partial charge >= 0.3 is 51.4 Å². The van der Waals surface area contributed by atoms with Gasteiger partial charge in [-0.1, -0.05) is 12.2 Å². The molecule has 5 heteroatoms. The molecule has 0 saturated carbocycles. The van der Waals surface area contributed by atoms with Crippen LogP contribution < -0.4 is 51.4 Å². The van der Waals surface area contributed by atoms with Crippen molar-refractivity contribution in [1.29, 1.82) is 0 Å². The van der Waals surface area contributed by atoms with E-state index in [4.69, 9.17) is 0 Å². The quantitative estimate of drug-likeness (QED) is 0.256. The van der Waals surface area contributed by atoms with Crippen LogP contribution in [-0.2, 0) is 10.1 Å². The van der Waals surface area contributed by atoms with Gasteiger partial charge in [0.25, 0.3) is 0 Å². The summed E-state index contributed by atoms with van der Waals surface area (Å²) in [5.74, 6) is -0.451. The summed E-state index contributed by atoms with van der Waals surface area (Å²) >= 11 is 0. The molecular weight excluding hydrogens is 167 g/mol. The molecule has 9 heavy (non-hydrogen) atoms. The van der Waals surface area contributed by atoms with Gasteiger partial charge in [0.2, 0.25) is 0 Å². The largest absolute Gasteiger partial charge is 1.00 e. The molecule has 0 aliphatic carbocycles. The molecule has 3 nitrogen and oxygen atoms in total. The molecule has 0 atom stereocenters. The molecule has 0 aliphatic heterocycles. The Kier molecular flexibility index (Phi) is 7.19. The Morgan fingerprint density at radius 1 is 1.67 bits per heavy atom. The van der Waals surface area contributed by atoms with Crippen LogP contribution >= 0.6 is 0 Å². The van der Waals surface area contributed by atoms with Crippen molar-refractivity contribution in [3.05, 3.63) is 12.2 Å². The maximum atomic E-state index is 9.83. The molecule has 0 bridgehead atoms. The van der Waals surface area contributed by atoms with Crippen LogP contribution in [0.1, 0.15) is 6.92 Å². The summed E-state index contributed by atoms with van der Waals surface area (Å²) < 4.78 is 29.5. The van der Waals surface area contributed by atoms with Gasteiger partial charge in [0.05, 0.1) is 15.9 Å². The molecule has 0 saturated heterocycles. The number of hydrogen-bond donors (Lipinski definition) is 0. The van der Waals surface area contributed by atoms with E-state index in [2.05, 4.69) is 6.58 Å². The molecule has 0 fully saturated rings. The molecule has 0 rings (SSSR count). The minimum atomic E-state index is -4.07. The molecule has 0 aromatic carbocycles. The van der Waals surface area contributed by atoms with Crippen LogP contribution in [0, 0.1) is 0 Å². The molecule has 0 aromatic heterocycles. The van der Waals surface area contributed by atoms with Gasteiger partial charge in [-0.15, -0.1) is 0 Å². The SMILES string of the molecule is C=C(C)CS(=O)(=O)[O-].[K+]. The second kappa shape index (κ2) is 5.01. The van der Waals surface area contributed by atoms with Crippen LogP contribution in [0.25, 0.3) is 0 Å². The number of hydrogen-bond acceptors (Lipinski definition) is 3. The monoisotopic (exact) mass is 174 g/mol. The van der Waals surface area contributed by atoms with Crippen LogP contribution in [0.2, 0.25) is 0 Å². The maximum Gasteiger partial charge on any atom is 1.00 e. The molecule has 0 heterocycles. The van der Waals surface area contributed by atoms with E-state index in [0.29, 0.717) is 5.57 Å². The van der Waals surface area contributed by atoms with Crippen molar-refractivity contribution >= 4 is 10.1 Å². The Morgan fingerprint density at radius 2 is 2.00 bits per heavy atom. The van der Waals surface area contributed by atoms with Gasteiger partial charge in [0, 0.05) is 0 Å². The van der Waals surface area contributed by atoms with Gasteiger partial charge < -0.3 is 4.55 Å². The Bertz CT molecular complexity index is 182. The van der Waals surface area contributed by atoms with Gasteiger partial charge in [0.1, 0.15) is 0 Å². The standard InChI is InChI=1S/C4H8O3S.K/c1-4(2)3-8(5,6)7;/h1,3H2,2H3,(H,5,6,7);/q;+1/p-1. The van der Waals surface area contributed by atoms with Crippen molar-refractivity contribution in [2.75, 3.05) is 5.75 Å². The van der Waals surface area contributed by atoms with Gasteiger partial charge in [-0.2, -0.15) is 0 Å². The van der Waals surface area contributed by atoms with Crippen LogP contribution in [0.15, 0.2) is 12.2 Å². The van der Waals surface area contributed by atoms with E-state index < -0.39 is 15.9 Å². The summed E-state index contributed by atoms with van der Waals surface area (Å²) in [5.41, 5.74) is 0.375. The van der Waals surface area contributed by atoms with Crippen molar-refractivity contribution in [1.82, 2.24) is 0 Å². The van der Waals surface area contributed by atoms with Gasteiger partial charge in [-0.25, -0.2) is 8.42 Å². The Morgan fingerprint density at radius 3 is 2.00 bits per heavy atom. The molecule has 0 aromatic rings. The fraction of sp³-hybridized carbons (Fsp3) is 0.500. The molecule has 0 amide bonds. The van der Waals surface area contributed by atoms with Crippen molar-refractivity contribution in [2.24, 2.45) is 0 Å². The third-order valence-electron chi connectivity index (χ3n) is 0.423. The summed E-state index contributed by atoms with van der Waals surface area (Å²) in [5, 5.41) is 0. The molecular formula is C4H7KO3S. The predicted molar refractivity (Wildman–Crippen MR) is 29.4 cm³/mol. The van der Waals surface area contributed by atoms with Gasteiger partial charge in [-0.3, -0.25) is 0 Å². The van der Waals surface area contributed by atoms with Gasteiger partial charge in [-0.05, 0) is 6.92 Å². The summed E-state index contributed by atoms with van der Waals surface area (Å²) in [6, 6.07) is 0. The average Bonchev–Trinajstić information content (AvgIpc) is 1.21.